The van der Waals surface area contributed by atoms with E-state index in [2.05, 4.69) is 0 Å². The number of halogens is 1. The first-order valence-corrected chi connectivity index (χ1v) is 6.89. The number of hydrogen-bond donors (Lipinski definition) is 1. The molecule has 2 atom stereocenters. The summed E-state index contributed by atoms with van der Waals surface area (Å²) in [5, 5.41) is 0.540. The van der Waals surface area contributed by atoms with Gasteiger partial charge in [-0.2, -0.15) is 0 Å². The van der Waals surface area contributed by atoms with Crippen molar-refractivity contribution in [2.45, 2.75) is 31.9 Å². The van der Waals surface area contributed by atoms with Crippen LogP contribution in [0, 0.1) is 0 Å². The molecule has 6 heteroatoms. The number of primary amides is 1. The largest absolute Gasteiger partial charge is 0.481 e. The summed E-state index contributed by atoms with van der Waals surface area (Å²) in [7, 11) is 0. The minimum atomic E-state index is -0.687. The summed E-state index contributed by atoms with van der Waals surface area (Å²) in [6.45, 7) is 2.19. The number of hydrogen-bond acceptors (Lipinski definition) is 3. The van der Waals surface area contributed by atoms with Crippen LogP contribution in [0.4, 0.5) is 0 Å². The molecule has 2 rings (SSSR count). The Bertz CT molecular complexity index is 521. The molecular formula is C14H17ClN2O3. The molecule has 1 fully saturated rings. The lowest BCUT2D eigenvalue weighted by Gasteiger charge is -2.25. The molecule has 0 saturated carbocycles. The van der Waals surface area contributed by atoms with Crippen LogP contribution in [-0.4, -0.2) is 35.4 Å². The summed E-state index contributed by atoms with van der Waals surface area (Å²) in [6.07, 6.45) is 0.710. The summed E-state index contributed by atoms with van der Waals surface area (Å²) < 4.78 is 5.57. The van der Waals surface area contributed by atoms with Crippen LogP contribution in [-0.2, 0) is 9.59 Å². The summed E-state index contributed by atoms with van der Waals surface area (Å²) in [4.78, 5) is 25.1. The van der Waals surface area contributed by atoms with Crippen molar-refractivity contribution < 1.29 is 14.3 Å². The van der Waals surface area contributed by atoms with Crippen molar-refractivity contribution in [3.63, 3.8) is 0 Å². The maximum Gasteiger partial charge on any atom is 0.264 e. The van der Waals surface area contributed by atoms with E-state index in [-0.39, 0.29) is 5.91 Å². The van der Waals surface area contributed by atoms with Crippen molar-refractivity contribution in [3.8, 4) is 5.75 Å². The molecule has 5 nitrogen and oxygen atoms in total. The summed E-state index contributed by atoms with van der Waals surface area (Å²) in [5.41, 5.74) is 5.31. The first kappa shape index (κ1) is 14.7. The van der Waals surface area contributed by atoms with Crippen LogP contribution >= 0.6 is 11.6 Å². The molecule has 1 aromatic rings. The SMILES string of the molecule is CC(Oc1cccc(Cl)c1)C(=O)N1CCCC1C(N)=O. The van der Waals surface area contributed by atoms with E-state index < -0.39 is 18.1 Å². The second-order valence-corrected chi connectivity index (χ2v) is 5.25. The van der Waals surface area contributed by atoms with Gasteiger partial charge in [-0.3, -0.25) is 9.59 Å². The molecule has 0 aromatic heterocycles. The Morgan fingerprint density at radius 3 is 2.90 bits per heavy atom. The standard InChI is InChI=1S/C14H17ClN2O3/c1-9(20-11-5-2-4-10(15)8-11)14(19)17-7-3-6-12(17)13(16)18/h2,4-5,8-9,12H,3,6-7H2,1H3,(H2,16,18). The second kappa shape index (κ2) is 6.13. The topological polar surface area (TPSA) is 72.6 Å². The fourth-order valence-corrected chi connectivity index (χ4v) is 2.53. The number of benzene rings is 1. The van der Waals surface area contributed by atoms with E-state index in [4.69, 9.17) is 22.1 Å². The van der Waals surface area contributed by atoms with Gasteiger partial charge in [-0.05, 0) is 38.0 Å². The Morgan fingerprint density at radius 2 is 2.25 bits per heavy atom. The van der Waals surface area contributed by atoms with Gasteiger partial charge in [0.25, 0.3) is 5.91 Å². The van der Waals surface area contributed by atoms with Gasteiger partial charge in [0.2, 0.25) is 5.91 Å². The van der Waals surface area contributed by atoms with Crippen LogP contribution in [0.15, 0.2) is 24.3 Å². The second-order valence-electron chi connectivity index (χ2n) is 4.81. The quantitative estimate of drug-likeness (QED) is 0.917. The molecule has 0 radical (unpaired) electrons. The third-order valence-corrected chi connectivity index (χ3v) is 3.56. The van der Waals surface area contributed by atoms with Crippen molar-refractivity contribution in [2.75, 3.05) is 6.54 Å². The Balaban J connectivity index is 2.03. The van der Waals surface area contributed by atoms with Gasteiger partial charge in [0.05, 0.1) is 0 Å². The lowest BCUT2D eigenvalue weighted by atomic mass is 10.2. The third kappa shape index (κ3) is 3.22. The number of amides is 2. The van der Waals surface area contributed by atoms with Crippen molar-refractivity contribution in [1.82, 2.24) is 4.90 Å². The number of carbonyl (C=O) groups excluding carboxylic acids is 2. The zero-order chi connectivity index (χ0) is 14.7. The average Bonchev–Trinajstić information content (AvgIpc) is 2.87. The van der Waals surface area contributed by atoms with Crippen molar-refractivity contribution in [1.29, 1.82) is 0 Å². The van der Waals surface area contributed by atoms with Crippen molar-refractivity contribution >= 4 is 23.4 Å². The molecule has 1 aliphatic rings. The number of nitrogens with zero attached hydrogens (tertiary/aromatic N) is 1. The Hall–Kier alpha value is -1.75. The van der Waals surface area contributed by atoms with Crippen LogP contribution in [0.2, 0.25) is 5.02 Å². The number of rotatable bonds is 4. The molecule has 1 heterocycles. The van der Waals surface area contributed by atoms with Crippen LogP contribution in [0.25, 0.3) is 0 Å². The summed E-state index contributed by atoms with van der Waals surface area (Å²) in [5.74, 6) is -0.176. The van der Waals surface area contributed by atoms with E-state index in [0.29, 0.717) is 23.7 Å². The molecule has 1 aromatic carbocycles. The normalized spacial score (nSPS) is 19.7. The molecule has 1 saturated heterocycles. The number of likely N-dealkylation sites (tertiary alicyclic amines) is 1. The highest BCUT2D eigenvalue weighted by Gasteiger charge is 2.35. The van der Waals surface area contributed by atoms with Gasteiger partial charge in [0.1, 0.15) is 11.8 Å². The van der Waals surface area contributed by atoms with Crippen molar-refractivity contribution in [2.24, 2.45) is 5.73 Å². The maximum absolute atomic E-state index is 12.3. The van der Waals surface area contributed by atoms with Gasteiger partial charge in [0.15, 0.2) is 6.10 Å². The number of carbonyl (C=O) groups is 2. The highest BCUT2D eigenvalue weighted by atomic mass is 35.5. The minimum absolute atomic E-state index is 0.230. The van der Waals surface area contributed by atoms with Crippen LogP contribution in [0.5, 0.6) is 5.75 Å². The molecule has 2 unspecified atom stereocenters. The van der Waals surface area contributed by atoms with E-state index in [1.807, 2.05) is 0 Å². The highest BCUT2D eigenvalue weighted by molar-refractivity contribution is 6.30. The predicted molar refractivity (Wildman–Crippen MR) is 75.5 cm³/mol. The molecule has 2 amide bonds. The molecule has 20 heavy (non-hydrogen) atoms. The van der Waals surface area contributed by atoms with E-state index in [9.17, 15) is 9.59 Å². The Morgan fingerprint density at radius 1 is 1.50 bits per heavy atom. The van der Waals surface area contributed by atoms with Gasteiger partial charge in [-0.15, -0.1) is 0 Å². The molecule has 0 aliphatic carbocycles. The molecule has 2 N–H and O–H groups in total. The van der Waals surface area contributed by atoms with Gasteiger partial charge in [-0.1, -0.05) is 17.7 Å². The highest BCUT2D eigenvalue weighted by Crippen LogP contribution is 2.21. The lowest BCUT2D eigenvalue weighted by Crippen LogP contribution is -2.48. The van der Waals surface area contributed by atoms with Gasteiger partial charge in [-0.25, -0.2) is 0 Å². The summed E-state index contributed by atoms with van der Waals surface area (Å²) in [6, 6.07) is 6.32. The predicted octanol–water partition coefficient (Wildman–Crippen LogP) is 1.58. The van der Waals surface area contributed by atoms with Crippen LogP contribution < -0.4 is 10.5 Å². The lowest BCUT2D eigenvalue weighted by molar-refractivity contribution is -0.142. The van der Waals surface area contributed by atoms with Gasteiger partial charge in [0, 0.05) is 11.6 Å². The Labute approximate surface area is 122 Å². The molecule has 1 aliphatic heterocycles. The van der Waals surface area contributed by atoms with E-state index in [1.54, 1.807) is 31.2 Å². The number of ether oxygens (including phenoxy) is 1. The zero-order valence-corrected chi connectivity index (χ0v) is 12.0. The Kier molecular flexibility index (Phi) is 4.49. The fraction of sp³-hybridized carbons (Fsp3) is 0.429. The molecule has 0 bridgehead atoms. The molecular weight excluding hydrogens is 280 g/mol. The van der Waals surface area contributed by atoms with Crippen LogP contribution in [0.3, 0.4) is 0 Å². The zero-order valence-electron chi connectivity index (χ0n) is 11.2. The molecule has 0 spiro atoms. The van der Waals surface area contributed by atoms with Gasteiger partial charge < -0.3 is 15.4 Å². The van der Waals surface area contributed by atoms with E-state index >= 15 is 0 Å². The minimum Gasteiger partial charge on any atom is -0.481 e. The smallest absolute Gasteiger partial charge is 0.264 e. The molecule has 108 valence electrons. The van der Waals surface area contributed by atoms with Crippen LogP contribution in [0.1, 0.15) is 19.8 Å². The van der Waals surface area contributed by atoms with Gasteiger partial charge >= 0.3 is 0 Å². The monoisotopic (exact) mass is 296 g/mol. The first-order valence-electron chi connectivity index (χ1n) is 6.51. The number of nitrogens with two attached hydrogens (primary N) is 1. The van der Waals surface area contributed by atoms with Crippen molar-refractivity contribution in [3.05, 3.63) is 29.3 Å². The average molecular weight is 297 g/mol. The summed E-state index contributed by atoms with van der Waals surface area (Å²) >= 11 is 5.86. The fourth-order valence-electron chi connectivity index (χ4n) is 2.35. The van der Waals surface area contributed by atoms with E-state index in [0.717, 1.165) is 6.42 Å². The van der Waals surface area contributed by atoms with E-state index in [1.165, 1.54) is 4.90 Å². The third-order valence-electron chi connectivity index (χ3n) is 3.32. The first-order chi connectivity index (χ1) is 9.49. The maximum atomic E-state index is 12.3.